The summed E-state index contributed by atoms with van der Waals surface area (Å²) in [6, 6.07) is 6.01. The molecule has 0 saturated heterocycles. The van der Waals surface area contributed by atoms with Gasteiger partial charge < -0.3 is 9.74 Å². The predicted octanol–water partition coefficient (Wildman–Crippen LogP) is 2.50. The first kappa shape index (κ1) is 17.1. The summed E-state index contributed by atoms with van der Waals surface area (Å²) in [6.45, 7) is 5.28. The monoisotopic (exact) mass is 344 g/mol. The fourth-order valence-electron chi connectivity index (χ4n) is 2.86. The number of carbonyl (C=O) groups excluding carboxylic acids is 1. The van der Waals surface area contributed by atoms with E-state index in [0.29, 0.717) is 18.7 Å². The van der Waals surface area contributed by atoms with Gasteiger partial charge in [-0.25, -0.2) is 4.39 Å². The molecular formula is C18H21FN4O2. The third kappa shape index (κ3) is 3.55. The minimum Gasteiger partial charge on any atom is -0.382 e. The summed E-state index contributed by atoms with van der Waals surface area (Å²) < 4.78 is 14.9. The van der Waals surface area contributed by atoms with Crippen LogP contribution >= 0.6 is 0 Å². The van der Waals surface area contributed by atoms with Crippen LogP contribution in [0.2, 0.25) is 0 Å². The molecule has 2 heterocycles. The Hall–Kier alpha value is -2.70. The summed E-state index contributed by atoms with van der Waals surface area (Å²) >= 11 is 0. The highest BCUT2D eigenvalue weighted by atomic mass is 19.1. The van der Waals surface area contributed by atoms with Crippen molar-refractivity contribution in [1.82, 2.24) is 14.7 Å². The van der Waals surface area contributed by atoms with Gasteiger partial charge in [0.05, 0.1) is 11.9 Å². The average Bonchev–Trinajstić information content (AvgIpc) is 3.23. The van der Waals surface area contributed by atoms with Gasteiger partial charge in [-0.15, -0.1) is 0 Å². The zero-order valence-corrected chi connectivity index (χ0v) is 14.6. The van der Waals surface area contributed by atoms with Crippen molar-refractivity contribution < 1.29 is 14.0 Å². The number of rotatable bonds is 5. The van der Waals surface area contributed by atoms with Gasteiger partial charge in [-0.05, 0) is 31.5 Å². The van der Waals surface area contributed by atoms with E-state index in [1.807, 2.05) is 18.5 Å². The number of benzene rings is 1. The molecule has 1 aromatic heterocycles. The third-order valence-electron chi connectivity index (χ3n) is 4.41. The zero-order valence-electron chi connectivity index (χ0n) is 14.6. The molecule has 1 aliphatic rings. The number of hydrogen-bond donors (Lipinski definition) is 0. The maximum atomic E-state index is 13.0. The maximum absolute atomic E-state index is 13.0. The molecule has 1 unspecified atom stereocenters. The number of aromatic nitrogens is 2. The van der Waals surface area contributed by atoms with Crippen LogP contribution in [0.5, 0.6) is 0 Å². The van der Waals surface area contributed by atoms with Crippen LogP contribution in [-0.2, 0) is 22.7 Å². The Labute approximate surface area is 145 Å². The summed E-state index contributed by atoms with van der Waals surface area (Å²) in [7, 11) is 1.74. The van der Waals surface area contributed by atoms with Crippen LogP contribution < -0.4 is 0 Å². The third-order valence-corrected chi connectivity index (χ3v) is 4.41. The van der Waals surface area contributed by atoms with Gasteiger partial charge in [0.25, 0.3) is 5.91 Å². The van der Waals surface area contributed by atoms with E-state index in [1.165, 1.54) is 12.1 Å². The number of carbonyl (C=O) groups is 1. The van der Waals surface area contributed by atoms with Gasteiger partial charge in [-0.3, -0.25) is 9.48 Å². The minimum absolute atomic E-state index is 0.135. The molecule has 0 spiro atoms. The zero-order chi connectivity index (χ0) is 18.0. The Morgan fingerprint density at radius 3 is 2.76 bits per heavy atom. The highest BCUT2D eigenvalue weighted by Gasteiger charge is 2.31. The number of oxime groups is 1. The SMILES string of the molecule is CCn1ncc(CN(C)C(=O)C2CC(c3ccc(F)cc3)=NO2)c1C. The maximum Gasteiger partial charge on any atom is 0.266 e. The van der Waals surface area contributed by atoms with Crippen LogP contribution in [0.3, 0.4) is 0 Å². The van der Waals surface area contributed by atoms with E-state index in [-0.39, 0.29) is 11.7 Å². The van der Waals surface area contributed by atoms with Gasteiger partial charge in [0.2, 0.25) is 6.10 Å². The smallest absolute Gasteiger partial charge is 0.266 e. The first-order valence-corrected chi connectivity index (χ1v) is 8.24. The van der Waals surface area contributed by atoms with E-state index in [9.17, 15) is 9.18 Å². The molecule has 0 saturated carbocycles. The second-order valence-electron chi connectivity index (χ2n) is 6.11. The quantitative estimate of drug-likeness (QED) is 0.837. The highest BCUT2D eigenvalue weighted by Crippen LogP contribution is 2.20. The van der Waals surface area contributed by atoms with Gasteiger partial charge in [-0.2, -0.15) is 5.10 Å². The second-order valence-corrected chi connectivity index (χ2v) is 6.11. The number of halogens is 1. The molecule has 25 heavy (non-hydrogen) atoms. The van der Waals surface area contributed by atoms with Crippen molar-refractivity contribution in [3.05, 3.63) is 53.1 Å². The lowest BCUT2D eigenvalue weighted by Gasteiger charge is -2.19. The summed E-state index contributed by atoms with van der Waals surface area (Å²) in [4.78, 5) is 19.5. The van der Waals surface area contributed by atoms with Crippen LogP contribution in [0.4, 0.5) is 4.39 Å². The standard InChI is InChI=1S/C18H21FN4O2/c1-4-23-12(2)14(10-20-23)11-22(3)18(24)17-9-16(21-25-17)13-5-7-15(19)8-6-13/h5-8,10,17H,4,9,11H2,1-3H3. The topological polar surface area (TPSA) is 59.7 Å². The Kier molecular flexibility index (Phi) is 4.83. The average molecular weight is 344 g/mol. The lowest BCUT2D eigenvalue weighted by atomic mass is 10.0. The molecule has 0 radical (unpaired) electrons. The van der Waals surface area contributed by atoms with E-state index >= 15 is 0 Å². The second kappa shape index (κ2) is 7.04. The molecule has 1 aromatic carbocycles. The normalized spacial score (nSPS) is 16.5. The molecule has 2 aromatic rings. The minimum atomic E-state index is -0.647. The van der Waals surface area contributed by atoms with E-state index in [4.69, 9.17) is 4.84 Å². The van der Waals surface area contributed by atoms with Crippen molar-refractivity contribution in [2.24, 2.45) is 5.16 Å². The molecule has 3 rings (SSSR count). The number of hydrogen-bond acceptors (Lipinski definition) is 4. The summed E-state index contributed by atoms with van der Waals surface area (Å²) in [5.74, 6) is -0.442. The fraction of sp³-hybridized carbons (Fsp3) is 0.389. The molecular weight excluding hydrogens is 323 g/mol. The van der Waals surface area contributed by atoms with Gasteiger partial charge in [0.1, 0.15) is 5.82 Å². The molecule has 0 N–H and O–H groups in total. The van der Waals surface area contributed by atoms with E-state index in [2.05, 4.69) is 10.3 Å². The molecule has 1 atom stereocenters. The van der Waals surface area contributed by atoms with Crippen molar-refractivity contribution in [2.45, 2.75) is 39.5 Å². The Morgan fingerprint density at radius 2 is 2.12 bits per heavy atom. The molecule has 1 aliphatic heterocycles. The van der Waals surface area contributed by atoms with Crippen molar-refractivity contribution in [2.75, 3.05) is 7.05 Å². The summed E-state index contributed by atoms with van der Waals surface area (Å²) in [5, 5.41) is 8.29. The van der Waals surface area contributed by atoms with Crippen LogP contribution in [0.25, 0.3) is 0 Å². The molecule has 0 aliphatic carbocycles. The Bertz CT molecular complexity index is 798. The lowest BCUT2D eigenvalue weighted by Crippen LogP contribution is -2.36. The largest absolute Gasteiger partial charge is 0.382 e. The Morgan fingerprint density at radius 1 is 1.40 bits per heavy atom. The molecule has 0 fully saturated rings. The molecule has 1 amide bonds. The van der Waals surface area contributed by atoms with Crippen molar-refractivity contribution in [1.29, 1.82) is 0 Å². The Balaban J connectivity index is 1.62. The van der Waals surface area contributed by atoms with Crippen LogP contribution in [0.1, 0.15) is 30.2 Å². The molecule has 0 bridgehead atoms. The molecule has 7 heteroatoms. The fourth-order valence-corrected chi connectivity index (χ4v) is 2.86. The number of amides is 1. The highest BCUT2D eigenvalue weighted by molar-refractivity contribution is 6.04. The number of nitrogens with zero attached hydrogens (tertiary/aromatic N) is 4. The number of aryl methyl sites for hydroxylation is 1. The van der Waals surface area contributed by atoms with Crippen LogP contribution in [0, 0.1) is 12.7 Å². The predicted molar refractivity (Wildman–Crippen MR) is 91.5 cm³/mol. The summed E-state index contributed by atoms with van der Waals surface area (Å²) in [5.41, 5.74) is 3.48. The van der Waals surface area contributed by atoms with Gasteiger partial charge in [-0.1, -0.05) is 17.3 Å². The van der Waals surface area contributed by atoms with Crippen molar-refractivity contribution >= 4 is 11.6 Å². The van der Waals surface area contributed by atoms with Gasteiger partial charge >= 0.3 is 0 Å². The van der Waals surface area contributed by atoms with Crippen molar-refractivity contribution in [3.8, 4) is 0 Å². The number of likely N-dealkylation sites (N-methyl/N-ethyl adjacent to an activating group) is 1. The van der Waals surface area contributed by atoms with E-state index in [0.717, 1.165) is 23.4 Å². The first-order chi connectivity index (χ1) is 12.0. The van der Waals surface area contributed by atoms with Gasteiger partial charge in [0.15, 0.2) is 0 Å². The first-order valence-electron chi connectivity index (χ1n) is 8.24. The lowest BCUT2D eigenvalue weighted by molar-refractivity contribution is -0.141. The summed E-state index contributed by atoms with van der Waals surface area (Å²) in [6.07, 6.45) is 1.52. The molecule has 6 nitrogen and oxygen atoms in total. The molecule has 132 valence electrons. The van der Waals surface area contributed by atoms with Crippen LogP contribution in [-0.4, -0.2) is 39.5 Å². The van der Waals surface area contributed by atoms with Crippen LogP contribution in [0.15, 0.2) is 35.6 Å². The van der Waals surface area contributed by atoms with E-state index < -0.39 is 6.10 Å². The van der Waals surface area contributed by atoms with Crippen molar-refractivity contribution in [3.63, 3.8) is 0 Å². The van der Waals surface area contributed by atoms with E-state index in [1.54, 1.807) is 30.3 Å². The van der Waals surface area contributed by atoms with Gasteiger partial charge in [0, 0.05) is 37.8 Å².